The van der Waals surface area contributed by atoms with E-state index >= 15 is 0 Å². The molecule has 0 atom stereocenters. The molecule has 1 heterocycles. The summed E-state index contributed by atoms with van der Waals surface area (Å²) in [6, 6.07) is 15.1. The van der Waals surface area contributed by atoms with Gasteiger partial charge in [0.1, 0.15) is 17.8 Å². The van der Waals surface area contributed by atoms with Gasteiger partial charge in [0.25, 0.3) is 5.91 Å². The molecular weight excluding hydrogens is 323 g/mol. The van der Waals surface area contributed by atoms with E-state index < -0.39 is 0 Å². The third-order valence-electron chi connectivity index (χ3n) is 3.46. The van der Waals surface area contributed by atoms with Crippen LogP contribution in [0.5, 0.6) is 5.75 Å². The second kappa shape index (κ2) is 8.10. The van der Waals surface area contributed by atoms with Crippen molar-refractivity contribution in [1.29, 1.82) is 0 Å². The molecule has 6 heteroatoms. The minimum Gasteiger partial charge on any atom is -0.484 e. The lowest BCUT2D eigenvalue weighted by atomic mass is 10.2. The van der Waals surface area contributed by atoms with Gasteiger partial charge in [0, 0.05) is 18.5 Å². The molecule has 3 aromatic rings. The summed E-state index contributed by atoms with van der Waals surface area (Å²) in [5.74, 6) is 0.400. The van der Waals surface area contributed by atoms with Crippen molar-refractivity contribution in [1.82, 2.24) is 10.3 Å². The van der Waals surface area contributed by atoms with Gasteiger partial charge in [-0.3, -0.25) is 4.79 Å². The highest BCUT2D eigenvalue weighted by Crippen LogP contribution is 2.17. The smallest absolute Gasteiger partial charge is 0.257 e. The first kappa shape index (κ1) is 16.7. The van der Waals surface area contributed by atoms with Crippen LogP contribution < -0.4 is 10.1 Å². The fourth-order valence-electron chi connectivity index (χ4n) is 2.20. The highest BCUT2D eigenvalue weighted by molar-refractivity contribution is 5.77. The quantitative estimate of drug-likeness (QED) is 0.717. The molecule has 128 valence electrons. The molecule has 0 spiro atoms. The summed E-state index contributed by atoms with van der Waals surface area (Å²) in [5, 5.41) is 2.74. The third kappa shape index (κ3) is 4.91. The highest BCUT2D eigenvalue weighted by atomic mass is 19.1. The first-order valence-electron chi connectivity index (χ1n) is 7.85. The van der Waals surface area contributed by atoms with Gasteiger partial charge in [-0.15, -0.1) is 0 Å². The van der Waals surface area contributed by atoms with Crippen molar-refractivity contribution in [2.45, 2.75) is 6.42 Å². The van der Waals surface area contributed by atoms with Crippen LogP contribution >= 0.6 is 0 Å². The van der Waals surface area contributed by atoms with Crippen LogP contribution in [0.2, 0.25) is 0 Å². The lowest BCUT2D eigenvalue weighted by Crippen LogP contribution is -2.30. The number of nitrogens with one attached hydrogen (secondary N) is 1. The largest absolute Gasteiger partial charge is 0.484 e. The highest BCUT2D eigenvalue weighted by Gasteiger charge is 2.07. The Balaban J connectivity index is 1.41. The minimum absolute atomic E-state index is 0.125. The van der Waals surface area contributed by atoms with Gasteiger partial charge in [0.2, 0.25) is 5.89 Å². The lowest BCUT2D eigenvalue weighted by molar-refractivity contribution is -0.123. The fraction of sp³-hybridized carbons (Fsp3) is 0.158. The van der Waals surface area contributed by atoms with Crippen molar-refractivity contribution in [3.8, 4) is 17.2 Å². The molecule has 0 fully saturated rings. The first-order valence-corrected chi connectivity index (χ1v) is 7.85. The topological polar surface area (TPSA) is 64.4 Å². The number of aromatic nitrogens is 1. The molecule has 0 saturated carbocycles. The van der Waals surface area contributed by atoms with Crippen molar-refractivity contribution in [2.24, 2.45) is 0 Å². The normalized spacial score (nSPS) is 10.4. The number of carbonyl (C=O) groups is 1. The van der Waals surface area contributed by atoms with Gasteiger partial charge in [-0.2, -0.15) is 0 Å². The molecule has 0 radical (unpaired) electrons. The van der Waals surface area contributed by atoms with E-state index in [9.17, 15) is 9.18 Å². The summed E-state index contributed by atoms with van der Waals surface area (Å²) in [6.07, 6.45) is 2.14. The number of carbonyl (C=O) groups excluding carboxylic acids is 1. The first-order chi connectivity index (χ1) is 12.2. The predicted octanol–water partition coefficient (Wildman–Crippen LogP) is 3.22. The fourth-order valence-corrected chi connectivity index (χ4v) is 2.20. The zero-order valence-corrected chi connectivity index (χ0v) is 13.4. The number of benzene rings is 2. The molecule has 5 nitrogen and oxygen atoms in total. The Bertz CT molecular complexity index is 816. The van der Waals surface area contributed by atoms with E-state index in [1.807, 2.05) is 30.3 Å². The Morgan fingerprint density at radius 1 is 1.12 bits per heavy atom. The monoisotopic (exact) mass is 340 g/mol. The van der Waals surface area contributed by atoms with Gasteiger partial charge in [-0.1, -0.05) is 18.2 Å². The van der Waals surface area contributed by atoms with E-state index in [0.717, 1.165) is 11.3 Å². The number of hydrogen-bond donors (Lipinski definition) is 1. The summed E-state index contributed by atoms with van der Waals surface area (Å²) in [4.78, 5) is 16.1. The molecule has 1 amide bonds. The SMILES string of the molecule is O=C(COc1ccc(F)cc1)NCCc1coc(-c2ccccc2)n1. The van der Waals surface area contributed by atoms with E-state index in [1.165, 1.54) is 24.3 Å². The van der Waals surface area contributed by atoms with E-state index in [4.69, 9.17) is 9.15 Å². The molecule has 2 aromatic carbocycles. The zero-order chi connectivity index (χ0) is 17.5. The number of halogens is 1. The molecule has 25 heavy (non-hydrogen) atoms. The molecule has 0 saturated heterocycles. The van der Waals surface area contributed by atoms with Gasteiger partial charge in [0.15, 0.2) is 6.61 Å². The molecule has 0 aliphatic carbocycles. The van der Waals surface area contributed by atoms with Crippen LogP contribution in [-0.2, 0) is 11.2 Å². The van der Waals surface area contributed by atoms with E-state index in [2.05, 4.69) is 10.3 Å². The van der Waals surface area contributed by atoms with Gasteiger partial charge >= 0.3 is 0 Å². The van der Waals surface area contributed by atoms with Crippen LogP contribution in [0.15, 0.2) is 65.3 Å². The molecule has 1 aromatic heterocycles. The number of amides is 1. The minimum atomic E-state index is -0.348. The van der Waals surface area contributed by atoms with E-state index in [0.29, 0.717) is 24.6 Å². The average Bonchev–Trinajstić information content (AvgIpc) is 3.11. The van der Waals surface area contributed by atoms with Gasteiger partial charge in [0.05, 0.1) is 5.69 Å². The summed E-state index contributed by atoms with van der Waals surface area (Å²) in [6.45, 7) is 0.298. The standard InChI is InChI=1S/C19H17FN2O3/c20-15-6-8-17(9-7-15)24-13-18(23)21-11-10-16-12-25-19(22-16)14-4-2-1-3-5-14/h1-9,12H,10-11,13H2,(H,21,23). The number of hydrogen-bond acceptors (Lipinski definition) is 4. The van der Waals surface area contributed by atoms with Gasteiger partial charge in [-0.25, -0.2) is 9.37 Å². The van der Waals surface area contributed by atoms with E-state index in [-0.39, 0.29) is 18.3 Å². The summed E-state index contributed by atoms with van der Waals surface area (Å²) in [7, 11) is 0. The molecule has 0 aliphatic rings. The molecule has 3 rings (SSSR count). The maximum absolute atomic E-state index is 12.8. The zero-order valence-electron chi connectivity index (χ0n) is 13.4. The van der Waals surface area contributed by atoms with Crippen molar-refractivity contribution >= 4 is 5.91 Å². The Kier molecular flexibility index (Phi) is 5.41. The van der Waals surface area contributed by atoms with Crippen molar-refractivity contribution in [3.05, 3.63) is 72.4 Å². The molecular formula is C19H17FN2O3. The van der Waals surface area contributed by atoms with Crippen LogP contribution in [-0.4, -0.2) is 24.0 Å². The Morgan fingerprint density at radius 3 is 2.64 bits per heavy atom. The summed E-state index contributed by atoms with van der Waals surface area (Å²) < 4.78 is 23.5. The molecule has 0 unspecified atom stereocenters. The van der Waals surface area contributed by atoms with Gasteiger partial charge < -0.3 is 14.5 Å². The second-order valence-electron chi connectivity index (χ2n) is 5.35. The van der Waals surface area contributed by atoms with Gasteiger partial charge in [-0.05, 0) is 36.4 Å². The van der Waals surface area contributed by atoms with Crippen LogP contribution in [0.25, 0.3) is 11.5 Å². The van der Waals surface area contributed by atoms with Crippen LogP contribution in [0.3, 0.4) is 0 Å². The predicted molar refractivity (Wildman–Crippen MR) is 90.5 cm³/mol. The maximum Gasteiger partial charge on any atom is 0.257 e. The average molecular weight is 340 g/mol. The summed E-state index contributed by atoms with van der Waals surface area (Å²) in [5.41, 5.74) is 1.67. The Labute approximate surface area is 144 Å². The third-order valence-corrected chi connectivity index (χ3v) is 3.46. The van der Waals surface area contributed by atoms with Crippen LogP contribution in [0.4, 0.5) is 4.39 Å². The number of nitrogens with zero attached hydrogens (tertiary/aromatic N) is 1. The van der Waals surface area contributed by atoms with Crippen LogP contribution in [0.1, 0.15) is 5.69 Å². The number of rotatable bonds is 7. The van der Waals surface area contributed by atoms with Crippen LogP contribution in [0, 0.1) is 5.82 Å². The van der Waals surface area contributed by atoms with Crippen molar-refractivity contribution in [2.75, 3.05) is 13.2 Å². The Hall–Kier alpha value is -3.15. The molecule has 0 bridgehead atoms. The van der Waals surface area contributed by atoms with Crippen molar-refractivity contribution < 1.29 is 18.3 Å². The maximum atomic E-state index is 12.8. The number of oxazole rings is 1. The molecule has 1 N–H and O–H groups in total. The lowest BCUT2D eigenvalue weighted by Gasteiger charge is -2.06. The van der Waals surface area contributed by atoms with Crippen molar-refractivity contribution in [3.63, 3.8) is 0 Å². The van der Waals surface area contributed by atoms with E-state index in [1.54, 1.807) is 6.26 Å². The Morgan fingerprint density at radius 2 is 1.88 bits per heavy atom. The second-order valence-corrected chi connectivity index (χ2v) is 5.35. The molecule has 0 aliphatic heterocycles. The summed E-state index contributed by atoms with van der Waals surface area (Å²) >= 11 is 0. The number of ether oxygens (including phenoxy) is 1.